The van der Waals surface area contributed by atoms with Crippen LogP contribution in [-0.4, -0.2) is 0 Å². The number of aromatic nitrogens is 4. The van der Waals surface area contributed by atoms with Crippen molar-refractivity contribution in [2.24, 2.45) is 51.9 Å². The van der Waals surface area contributed by atoms with Gasteiger partial charge in [0.25, 0.3) is 0 Å². The Morgan fingerprint density at radius 1 is 0.280 bits per heavy atom. The van der Waals surface area contributed by atoms with Crippen molar-refractivity contribution in [3.63, 3.8) is 0 Å². The predicted octanol–water partition coefficient (Wildman–Crippen LogP) is 31.8. The molecule has 0 N–H and O–H groups in total. The highest BCUT2D eigenvalue weighted by molar-refractivity contribution is 5.98. The van der Waals surface area contributed by atoms with Gasteiger partial charge >= 0.3 is 0 Å². The Morgan fingerprint density at radius 2 is 0.568 bits per heavy atom. The number of hydrogen-bond acceptors (Lipinski definition) is 0. The van der Waals surface area contributed by atoms with Crippen molar-refractivity contribution in [1.29, 1.82) is 0 Å². The van der Waals surface area contributed by atoms with E-state index in [-0.39, 0.29) is 0 Å². The molecule has 0 bridgehead atoms. The maximum absolute atomic E-state index is 8.87. The van der Waals surface area contributed by atoms with Crippen molar-refractivity contribution in [2.45, 2.75) is 345 Å². The molecular weight excluding hydrogens is 1510 g/mol. The summed E-state index contributed by atoms with van der Waals surface area (Å²) in [6.07, 6.45) is 42.1. The number of pyridine rings is 4. The molecule has 6 fully saturated rings. The third-order valence-corrected chi connectivity index (χ3v) is 30.4. The van der Waals surface area contributed by atoms with Gasteiger partial charge in [0.2, 0.25) is 22.8 Å². The molecule has 6 aliphatic rings. The number of rotatable bonds is 18. The van der Waals surface area contributed by atoms with Crippen LogP contribution in [0.25, 0.3) is 88.1 Å². The Hall–Kier alpha value is -8.60. The van der Waals surface area contributed by atoms with Crippen LogP contribution in [0.4, 0.5) is 0 Å². The van der Waals surface area contributed by atoms with Gasteiger partial charge in [0, 0.05) is 43.6 Å². The maximum atomic E-state index is 8.87. The number of benzene rings is 8. The van der Waals surface area contributed by atoms with E-state index in [2.05, 4.69) is 254 Å². The fourth-order valence-electron chi connectivity index (χ4n) is 23.4. The molecule has 12 aromatic rings. The molecule has 18 rings (SSSR count). The Bertz CT molecular complexity index is 6140. The van der Waals surface area contributed by atoms with Crippen molar-refractivity contribution >= 4 is 43.1 Å². The van der Waals surface area contributed by atoms with E-state index in [1.165, 1.54) is 297 Å². The molecule has 4 heteroatoms. The van der Waals surface area contributed by atoms with Crippen LogP contribution in [0.5, 0.6) is 0 Å². The molecule has 0 unspecified atom stereocenters. The first-order chi connectivity index (χ1) is 62.8. The monoisotopic (exact) mass is 1670 g/mol. The average Bonchev–Trinajstić information content (AvgIpc) is 1.30. The molecule has 0 radical (unpaired) electrons. The molecule has 0 saturated heterocycles. The number of aryl methyl sites for hydroxylation is 2. The smallest absolute Gasteiger partial charge is 0.200 e. The van der Waals surface area contributed by atoms with Crippen molar-refractivity contribution in [2.75, 3.05) is 0 Å². The second kappa shape index (κ2) is 41.2. The van der Waals surface area contributed by atoms with Crippen LogP contribution in [0.15, 0.2) is 164 Å². The largest absolute Gasteiger partial charge is 0.220 e. The van der Waals surface area contributed by atoms with Crippen LogP contribution in [0.3, 0.4) is 0 Å². The zero-order valence-electron chi connectivity index (χ0n) is 86.8. The second-order valence-corrected chi connectivity index (χ2v) is 41.9. The number of hydrogen-bond donors (Lipinski definition) is 0. The van der Waals surface area contributed by atoms with Gasteiger partial charge in [0.1, 0.15) is 30.9 Å². The summed E-state index contributed by atoms with van der Waals surface area (Å²) in [5.74, 6) is 6.40. The van der Waals surface area contributed by atoms with E-state index in [0.717, 1.165) is 80.8 Å². The summed E-state index contributed by atoms with van der Waals surface area (Å²) < 4.78 is 61.3. The number of fused-ring (bicyclic) bond motifs is 4. The number of nitrogens with zero attached hydrogens (tertiary/aromatic N) is 4. The lowest BCUT2D eigenvalue weighted by Gasteiger charge is -2.28. The molecule has 4 heterocycles. The van der Waals surface area contributed by atoms with Gasteiger partial charge in [-0.2, -0.15) is 9.13 Å². The van der Waals surface area contributed by atoms with Gasteiger partial charge < -0.3 is 0 Å². The third-order valence-electron chi connectivity index (χ3n) is 30.4. The lowest BCUT2D eigenvalue weighted by atomic mass is 9.76. The summed E-state index contributed by atoms with van der Waals surface area (Å²) in [5, 5.41) is 8.64. The fourth-order valence-corrected chi connectivity index (χ4v) is 23.4. The van der Waals surface area contributed by atoms with Gasteiger partial charge in [0.05, 0.1) is 43.7 Å². The SMILES string of the molecule is [2H]c1c(C)[n+](C)c(-c2cc(C3CCCCC3)cc(C)c2C)c2ccc(CC(C)C)cc12.[2H]c1c(C)[n+](C)c(-c2cc(C3CCCCC3)ccc2C)c2ccc(CC(C)C)cc12.[2H]c1c([2H])[n+](C)c(-c2cc(C3CCCC3)cc(C3CCCC3)c2C)c2ccc(CC(C)C)cc12.[2H]c1c([2H])[n+](C)c(-c2cc(C3CCCCC3)cc(C3CCCCC3)c2C)c2ccc(CC(C)C)cc12. The molecule has 658 valence electrons. The minimum absolute atomic E-state index is 0.303. The zero-order chi connectivity index (χ0) is 93.1. The van der Waals surface area contributed by atoms with Crippen LogP contribution in [0.1, 0.15) is 374 Å². The minimum atomic E-state index is 0.303. The van der Waals surface area contributed by atoms with Gasteiger partial charge in [-0.15, -0.1) is 0 Å². The molecular formula is C121H158N4+4. The molecule has 0 amide bonds. The average molecular weight is 1670 g/mol. The minimum Gasteiger partial charge on any atom is -0.200 e. The highest BCUT2D eigenvalue weighted by Crippen LogP contribution is 2.48. The van der Waals surface area contributed by atoms with E-state index in [4.69, 9.17) is 8.22 Å². The van der Waals surface area contributed by atoms with Gasteiger partial charge in [-0.1, -0.05) is 237 Å². The Morgan fingerprint density at radius 3 is 0.920 bits per heavy atom. The van der Waals surface area contributed by atoms with Crippen LogP contribution in [0.2, 0.25) is 0 Å². The predicted molar refractivity (Wildman–Crippen MR) is 535 cm³/mol. The highest BCUT2D eigenvalue weighted by Gasteiger charge is 2.33. The molecule has 0 spiro atoms. The molecule has 6 aliphatic carbocycles. The lowest BCUT2D eigenvalue weighted by Crippen LogP contribution is -2.35. The van der Waals surface area contributed by atoms with Crippen LogP contribution in [-0.2, 0) is 53.9 Å². The molecule has 8 aromatic carbocycles. The third kappa shape index (κ3) is 21.2. The Balaban J connectivity index is 0.000000134. The highest BCUT2D eigenvalue weighted by atomic mass is 15.0. The van der Waals surface area contributed by atoms with E-state index >= 15 is 0 Å². The molecule has 4 aromatic heterocycles. The Kier molecular flexibility index (Phi) is 27.5. The van der Waals surface area contributed by atoms with Crippen molar-refractivity contribution in [3.05, 3.63) is 259 Å². The maximum Gasteiger partial charge on any atom is 0.220 e. The van der Waals surface area contributed by atoms with Crippen molar-refractivity contribution in [3.8, 4) is 45.0 Å². The zero-order valence-corrected chi connectivity index (χ0v) is 80.8. The molecule has 4 nitrogen and oxygen atoms in total. The standard InChI is InChI=1S/C33H44N.C31H40N.C29H38N.C28H36N/c1-23(2)19-25-15-16-30-28(20-25)17-18-34(4)33(30)32-22-29(26-11-7-5-8-12-26)21-31(24(32)3)27-13-9-6-10-14-27;1-21(2)17-23-13-14-28-26(18-23)15-16-32(4)31(28)30-20-27(24-9-5-6-10-24)19-29(22(30)3)25-11-7-8-12-25;1-19(2)14-23-12-13-27-26(17-23)16-21(4)30(6)29(27)28-18-25(15-20(3)22(28)5)24-10-8-7-9-11-24;1-19(2)15-22-12-14-26-25(17-22)16-21(4)29(5)28(26)27-18-24(13-11-20(27)3)23-9-7-6-8-10-23/h15-18,20-23,26-27H,5-14,19H2,1-4H3;13-16,18-21,24-25H,5-12,17H2,1-4H3;12-13,15-19,24H,7-11,14H2,1-6H3;11-14,16-19,23H,6-10,15H2,1-5H3/q4*+1/i17D,18D;15D,16D;2*16D. The van der Waals surface area contributed by atoms with Gasteiger partial charge in [-0.05, 0) is 350 Å². The van der Waals surface area contributed by atoms with E-state index in [1.54, 1.807) is 11.1 Å². The molecule has 0 aliphatic heterocycles. The molecule has 6 saturated carbocycles. The molecule has 125 heavy (non-hydrogen) atoms. The summed E-state index contributed by atoms with van der Waals surface area (Å²) in [6, 6.07) is 50.9. The normalized spacial score (nSPS) is 17.4. The summed E-state index contributed by atoms with van der Waals surface area (Å²) in [5.41, 5.74) is 33.2. The second-order valence-electron chi connectivity index (χ2n) is 41.9. The van der Waals surface area contributed by atoms with Crippen molar-refractivity contribution < 1.29 is 26.5 Å². The topological polar surface area (TPSA) is 15.5 Å². The first-order valence-corrected chi connectivity index (χ1v) is 50.0. The first kappa shape index (κ1) is 83.3. The Labute approximate surface area is 765 Å². The van der Waals surface area contributed by atoms with E-state index in [1.807, 2.05) is 23.2 Å². The van der Waals surface area contributed by atoms with Crippen LogP contribution in [0, 0.1) is 72.1 Å². The van der Waals surface area contributed by atoms with Crippen molar-refractivity contribution in [1.82, 2.24) is 0 Å². The molecule has 0 atom stereocenters. The van der Waals surface area contributed by atoms with Gasteiger partial charge in [-0.3, -0.25) is 0 Å². The summed E-state index contributed by atoms with van der Waals surface area (Å²) in [4.78, 5) is 0. The summed E-state index contributed by atoms with van der Waals surface area (Å²) in [6.45, 7) is 33.5. The van der Waals surface area contributed by atoms with Gasteiger partial charge in [0.15, 0.2) is 23.7 Å². The summed E-state index contributed by atoms with van der Waals surface area (Å²) >= 11 is 0. The van der Waals surface area contributed by atoms with E-state index in [9.17, 15) is 0 Å². The van der Waals surface area contributed by atoms with Gasteiger partial charge in [-0.25, -0.2) is 9.13 Å². The van der Waals surface area contributed by atoms with Crippen LogP contribution < -0.4 is 18.3 Å². The first-order valence-electron chi connectivity index (χ1n) is 53.0. The fraction of sp³-hybridized carbons (Fsp3) is 0.504. The van der Waals surface area contributed by atoms with E-state index in [0.29, 0.717) is 95.7 Å². The van der Waals surface area contributed by atoms with E-state index < -0.39 is 0 Å². The summed E-state index contributed by atoms with van der Waals surface area (Å²) in [7, 11) is 8.22. The van der Waals surface area contributed by atoms with Crippen LogP contribution >= 0.6 is 0 Å². The lowest BCUT2D eigenvalue weighted by molar-refractivity contribution is -0.665. The quantitative estimate of drug-likeness (QED) is 0.0761.